The van der Waals surface area contributed by atoms with Gasteiger partial charge in [0, 0.05) is 43.5 Å². The van der Waals surface area contributed by atoms with E-state index in [4.69, 9.17) is 21.3 Å². The molecule has 206 valence electrons. The lowest BCUT2D eigenvalue weighted by atomic mass is 10.1. The molecule has 0 bridgehead atoms. The lowest BCUT2D eigenvalue weighted by molar-refractivity contribution is -0.128. The number of piperazine rings is 1. The minimum absolute atomic E-state index is 0.131. The molecular formula is C31H35N7O2. The second-order valence-electron chi connectivity index (χ2n) is 10.9. The van der Waals surface area contributed by atoms with Crippen LogP contribution in [0.3, 0.4) is 0 Å². The Bertz CT molecular complexity index is 1470. The van der Waals surface area contributed by atoms with E-state index in [0.717, 1.165) is 35.7 Å². The highest BCUT2D eigenvalue weighted by Gasteiger charge is 2.35. The molecule has 2 fully saturated rings. The van der Waals surface area contributed by atoms with Crippen molar-refractivity contribution in [2.75, 3.05) is 56.2 Å². The fourth-order valence-electron chi connectivity index (χ4n) is 6.17. The van der Waals surface area contributed by atoms with Crippen LogP contribution < -0.4 is 14.5 Å². The van der Waals surface area contributed by atoms with E-state index in [2.05, 4.69) is 75.6 Å². The molecule has 3 aromatic rings. The van der Waals surface area contributed by atoms with Crippen LogP contribution in [0.1, 0.15) is 24.1 Å². The summed E-state index contributed by atoms with van der Waals surface area (Å²) in [6.07, 6.45) is 3.63. The second kappa shape index (κ2) is 11.1. The zero-order valence-corrected chi connectivity index (χ0v) is 23.0. The van der Waals surface area contributed by atoms with Gasteiger partial charge in [-0.15, -0.1) is 0 Å². The van der Waals surface area contributed by atoms with Crippen molar-refractivity contribution in [3.05, 3.63) is 77.8 Å². The molecule has 3 aliphatic heterocycles. The number of carbonyl (C=O) groups excluding carboxylic acids is 1. The van der Waals surface area contributed by atoms with Crippen molar-refractivity contribution in [3.63, 3.8) is 0 Å². The lowest BCUT2D eigenvalue weighted by Gasteiger charge is -2.40. The van der Waals surface area contributed by atoms with E-state index in [1.807, 2.05) is 0 Å². The fourth-order valence-corrected chi connectivity index (χ4v) is 6.17. The van der Waals surface area contributed by atoms with Crippen molar-refractivity contribution in [2.45, 2.75) is 38.0 Å². The SMILES string of the molecule is [C-]#[N+]C[C@H]1CN(c2nc(OC[C@@H]3CCCN3C)nc3c2CN(c2ccc4ccccc4c2)C3)CCN1C(=O)C=C. The molecule has 9 heteroatoms. The van der Waals surface area contributed by atoms with Gasteiger partial charge in [0.1, 0.15) is 18.5 Å². The number of hydrogen-bond acceptors (Lipinski definition) is 7. The summed E-state index contributed by atoms with van der Waals surface area (Å²) in [7, 11) is 2.14. The van der Waals surface area contributed by atoms with Crippen LogP contribution >= 0.6 is 0 Å². The van der Waals surface area contributed by atoms with Crippen molar-refractivity contribution < 1.29 is 9.53 Å². The Morgan fingerprint density at radius 2 is 1.95 bits per heavy atom. The number of aromatic nitrogens is 2. The minimum Gasteiger partial charge on any atom is -0.462 e. The van der Waals surface area contributed by atoms with Gasteiger partial charge >= 0.3 is 6.01 Å². The Balaban J connectivity index is 1.31. The molecule has 6 rings (SSSR count). The van der Waals surface area contributed by atoms with Crippen molar-refractivity contribution in [2.24, 2.45) is 0 Å². The largest absolute Gasteiger partial charge is 0.462 e. The van der Waals surface area contributed by atoms with E-state index < -0.39 is 0 Å². The van der Waals surface area contributed by atoms with Crippen molar-refractivity contribution in [1.29, 1.82) is 0 Å². The molecule has 0 N–H and O–H groups in total. The maximum absolute atomic E-state index is 12.5. The summed E-state index contributed by atoms with van der Waals surface area (Å²) in [4.78, 5) is 34.6. The third-order valence-corrected chi connectivity index (χ3v) is 8.46. The van der Waals surface area contributed by atoms with Crippen LogP contribution in [0.15, 0.2) is 55.1 Å². The summed E-state index contributed by atoms with van der Waals surface area (Å²) in [6.45, 7) is 16.0. The van der Waals surface area contributed by atoms with E-state index in [1.165, 1.54) is 23.3 Å². The van der Waals surface area contributed by atoms with Gasteiger partial charge in [0.25, 0.3) is 0 Å². The molecule has 40 heavy (non-hydrogen) atoms. The van der Waals surface area contributed by atoms with Gasteiger partial charge < -0.3 is 29.2 Å². The average Bonchev–Trinajstić information content (AvgIpc) is 3.61. The minimum atomic E-state index is -0.225. The number of ether oxygens (including phenoxy) is 1. The first-order valence-electron chi connectivity index (χ1n) is 14.0. The molecule has 0 radical (unpaired) electrons. The number of fused-ring (bicyclic) bond motifs is 2. The maximum Gasteiger partial charge on any atom is 0.318 e. The van der Waals surface area contributed by atoms with Crippen molar-refractivity contribution >= 4 is 28.2 Å². The molecule has 2 atom stereocenters. The number of likely N-dealkylation sites (tertiary alicyclic amines) is 1. The van der Waals surface area contributed by atoms with Crippen LogP contribution in [0.2, 0.25) is 0 Å². The second-order valence-corrected chi connectivity index (χ2v) is 10.9. The highest BCUT2D eigenvalue weighted by molar-refractivity contribution is 5.88. The van der Waals surface area contributed by atoms with Gasteiger partial charge in [0.15, 0.2) is 0 Å². The van der Waals surface area contributed by atoms with Crippen LogP contribution in [0.25, 0.3) is 15.6 Å². The number of amides is 1. The summed E-state index contributed by atoms with van der Waals surface area (Å²) in [5.41, 5.74) is 3.20. The number of benzene rings is 2. The lowest BCUT2D eigenvalue weighted by Crippen LogP contribution is -2.56. The van der Waals surface area contributed by atoms with Crippen molar-refractivity contribution in [3.8, 4) is 6.01 Å². The topological polar surface area (TPSA) is 69.4 Å². The Morgan fingerprint density at radius 3 is 2.73 bits per heavy atom. The number of nitrogens with zero attached hydrogens (tertiary/aromatic N) is 7. The fraction of sp³-hybridized carbons (Fsp3) is 0.419. The van der Waals surface area contributed by atoms with E-state index >= 15 is 0 Å². The number of carbonyl (C=O) groups is 1. The van der Waals surface area contributed by atoms with Crippen LogP contribution in [-0.4, -0.2) is 84.1 Å². The van der Waals surface area contributed by atoms with Gasteiger partial charge in [-0.1, -0.05) is 36.9 Å². The highest BCUT2D eigenvalue weighted by atomic mass is 16.5. The molecule has 0 saturated carbocycles. The zero-order chi connectivity index (χ0) is 27.6. The van der Waals surface area contributed by atoms with E-state index in [9.17, 15) is 4.79 Å². The van der Waals surface area contributed by atoms with Crippen LogP contribution in [-0.2, 0) is 17.9 Å². The van der Waals surface area contributed by atoms with Gasteiger partial charge in [-0.05, 0) is 55.4 Å². The smallest absolute Gasteiger partial charge is 0.318 e. The van der Waals surface area contributed by atoms with E-state index in [0.29, 0.717) is 51.4 Å². The van der Waals surface area contributed by atoms with Crippen molar-refractivity contribution in [1.82, 2.24) is 19.8 Å². The predicted octanol–water partition coefficient (Wildman–Crippen LogP) is 3.75. The Hall–Kier alpha value is -4.16. The first kappa shape index (κ1) is 26.1. The maximum atomic E-state index is 12.5. The molecule has 1 aromatic heterocycles. The van der Waals surface area contributed by atoms with Crippen LogP contribution in [0.4, 0.5) is 11.5 Å². The van der Waals surface area contributed by atoms with Gasteiger partial charge in [0.05, 0.1) is 12.2 Å². The molecule has 0 aliphatic carbocycles. The van der Waals surface area contributed by atoms with Crippen LogP contribution in [0, 0.1) is 6.57 Å². The van der Waals surface area contributed by atoms with Gasteiger partial charge in [0.2, 0.25) is 12.5 Å². The standard InChI is InChI=1S/C31H35N7O2/c1-4-29(39)38-15-14-36(18-26(38)17-32-2)30-27-19-37(24-12-11-22-8-5-6-9-23(22)16-24)20-28(27)33-31(34-30)40-21-25-10-7-13-35(25)3/h4-6,8-9,11-12,16,25-26H,1,7,10,13-15,17-21H2,3H3/t25-,26-/m0/s1. The Kier molecular flexibility index (Phi) is 7.27. The number of hydrogen-bond donors (Lipinski definition) is 0. The molecule has 0 unspecified atom stereocenters. The normalized spacial score (nSPS) is 20.9. The molecule has 2 saturated heterocycles. The summed E-state index contributed by atoms with van der Waals surface area (Å²) in [6, 6.07) is 15.5. The summed E-state index contributed by atoms with van der Waals surface area (Å²) < 4.78 is 6.23. The highest BCUT2D eigenvalue weighted by Crippen LogP contribution is 2.36. The van der Waals surface area contributed by atoms with E-state index in [1.54, 1.807) is 4.90 Å². The molecule has 1 amide bonds. The quantitative estimate of drug-likeness (QED) is 0.336. The Morgan fingerprint density at radius 1 is 1.10 bits per heavy atom. The molecule has 4 heterocycles. The molecule has 0 spiro atoms. The van der Waals surface area contributed by atoms with Gasteiger partial charge in [-0.3, -0.25) is 4.79 Å². The van der Waals surface area contributed by atoms with Gasteiger partial charge in [-0.2, -0.15) is 9.97 Å². The monoisotopic (exact) mass is 537 g/mol. The van der Waals surface area contributed by atoms with E-state index in [-0.39, 0.29) is 18.5 Å². The summed E-state index contributed by atoms with van der Waals surface area (Å²) >= 11 is 0. The molecule has 9 nitrogen and oxygen atoms in total. The zero-order valence-electron chi connectivity index (χ0n) is 23.0. The number of rotatable bonds is 7. The van der Waals surface area contributed by atoms with Crippen LogP contribution in [0.5, 0.6) is 6.01 Å². The number of anilines is 2. The summed E-state index contributed by atoms with van der Waals surface area (Å²) in [5.74, 6) is 0.720. The summed E-state index contributed by atoms with van der Waals surface area (Å²) in [5, 5.41) is 2.42. The third-order valence-electron chi connectivity index (χ3n) is 8.46. The predicted molar refractivity (Wildman–Crippen MR) is 156 cm³/mol. The number of likely N-dealkylation sites (N-methyl/N-ethyl adjacent to an activating group) is 1. The first-order valence-corrected chi connectivity index (χ1v) is 14.0. The molecule has 3 aliphatic rings. The average molecular weight is 538 g/mol. The first-order chi connectivity index (χ1) is 19.5. The molecule has 2 aromatic carbocycles. The Labute approximate surface area is 235 Å². The molecular weight excluding hydrogens is 502 g/mol. The van der Waals surface area contributed by atoms with Gasteiger partial charge in [-0.25, -0.2) is 6.57 Å². The third kappa shape index (κ3) is 5.07.